The fraction of sp³-hybridized carbons (Fsp3) is 1.00. The molecule has 0 saturated heterocycles. The molecule has 3 fully saturated rings. The third-order valence-electron chi connectivity index (χ3n) is 6.27. The zero-order valence-corrected chi connectivity index (χ0v) is 11.3. The summed E-state index contributed by atoms with van der Waals surface area (Å²) in [5, 5.41) is 10.3. The normalized spacial score (nSPS) is 51.2. The molecule has 0 aromatic carbocycles. The van der Waals surface area contributed by atoms with Crippen molar-refractivity contribution in [1.29, 1.82) is 0 Å². The van der Waals surface area contributed by atoms with Gasteiger partial charge in [0.15, 0.2) is 0 Å². The van der Waals surface area contributed by atoms with Gasteiger partial charge in [0, 0.05) is 0 Å². The lowest BCUT2D eigenvalue weighted by Crippen LogP contribution is -2.61. The minimum absolute atomic E-state index is 0.0238. The molecular formula is C16H28O. The van der Waals surface area contributed by atoms with Crippen molar-refractivity contribution in [1.82, 2.24) is 0 Å². The summed E-state index contributed by atoms with van der Waals surface area (Å²) in [7, 11) is 0. The summed E-state index contributed by atoms with van der Waals surface area (Å²) in [5.41, 5.74) is 0.507. The predicted molar refractivity (Wildman–Crippen MR) is 70.8 cm³/mol. The van der Waals surface area contributed by atoms with Crippen molar-refractivity contribution in [3.63, 3.8) is 0 Å². The molecule has 1 nitrogen and oxygen atoms in total. The van der Waals surface area contributed by atoms with E-state index in [9.17, 15) is 5.11 Å². The van der Waals surface area contributed by atoms with Crippen molar-refractivity contribution in [2.75, 3.05) is 0 Å². The van der Waals surface area contributed by atoms with Crippen LogP contribution in [0, 0.1) is 23.2 Å². The van der Waals surface area contributed by atoms with Crippen LogP contribution in [0.3, 0.4) is 0 Å². The van der Waals surface area contributed by atoms with Gasteiger partial charge in [0.1, 0.15) is 0 Å². The van der Waals surface area contributed by atoms with Crippen molar-refractivity contribution >= 4 is 0 Å². The van der Waals surface area contributed by atoms with E-state index in [0.29, 0.717) is 11.3 Å². The van der Waals surface area contributed by atoms with Gasteiger partial charge in [-0.15, -0.1) is 0 Å². The standard InChI is InChI=1S/C16H28O/c1-16-11-7-10-14(17)15(16)12-8-5-3-2-4-6-9-13(12)16/h12-15,17H,2-11H2,1H3. The van der Waals surface area contributed by atoms with Crippen LogP contribution in [0.5, 0.6) is 0 Å². The number of fused-ring (bicyclic) bond motifs is 4. The van der Waals surface area contributed by atoms with Crippen LogP contribution < -0.4 is 0 Å². The van der Waals surface area contributed by atoms with Gasteiger partial charge >= 0.3 is 0 Å². The summed E-state index contributed by atoms with van der Waals surface area (Å²) in [6.45, 7) is 2.49. The Kier molecular flexibility index (Phi) is 3.23. The Hall–Kier alpha value is -0.0400. The Labute approximate surface area is 106 Å². The van der Waals surface area contributed by atoms with Crippen LogP contribution in [-0.2, 0) is 0 Å². The van der Waals surface area contributed by atoms with Crippen molar-refractivity contribution in [2.24, 2.45) is 23.2 Å². The Morgan fingerprint density at radius 3 is 2.41 bits per heavy atom. The van der Waals surface area contributed by atoms with E-state index in [1.165, 1.54) is 57.8 Å². The number of aliphatic hydroxyl groups excluding tert-OH is 1. The third-order valence-corrected chi connectivity index (χ3v) is 6.27. The molecule has 0 spiro atoms. The van der Waals surface area contributed by atoms with Crippen LogP contribution in [0.2, 0.25) is 0 Å². The fourth-order valence-corrected chi connectivity index (χ4v) is 5.50. The molecule has 17 heavy (non-hydrogen) atoms. The molecule has 3 aliphatic carbocycles. The number of rotatable bonds is 0. The van der Waals surface area contributed by atoms with Crippen LogP contribution in [0.4, 0.5) is 0 Å². The molecule has 0 bridgehead atoms. The van der Waals surface area contributed by atoms with Crippen LogP contribution in [0.1, 0.15) is 71.1 Å². The molecule has 0 aliphatic heterocycles. The lowest BCUT2D eigenvalue weighted by Gasteiger charge is -2.64. The maximum absolute atomic E-state index is 10.3. The van der Waals surface area contributed by atoms with E-state index < -0.39 is 0 Å². The zero-order chi connectivity index (χ0) is 11.9. The first kappa shape index (κ1) is 12.0. The van der Waals surface area contributed by atoms with Gasteiger partial charge in [-0.25, -0.2) is 0 Å². The first-order valence-corrected chi connectivity index (χ1v) is 7.91. The van der Waals surface area contributed by atoms with Crippen LogP contribution in [-0.4, -0.2) is 11.2 Å². The molecule has 0 aromatic heterocycles. The summed E-state index contributed by atoms with van der Waals surface area (Å²) in [6, 6.07) is 0. The summed E-state index contributed by atoms with van der Waals surface area (Å²) in [6.07, 6.45) is 13.8. The lowest BCUT2D eigenvalue weighted by molar-refractivity contribution is -0.194. The van der Waals surface area contributed by atoms with Crippen LogP contribution in [0.15, 0.2) is 0 Å². The van der Waals surface area contributed by atoms with Crippen LogP contribution >= 0.6 is 0 Å². The second kappa shape index (κ2) is 4.57. The Bertz CT molecular complexity index is 275. The molecule has 0 radical (unpaired) electrons. The van der Waals surface area contributed by atoms with E-state index in [2.05, 4.69) is 6.92 Å². The van der Waals surface area contributed by atoms with Crippen molar-refractivity contribution in [3.05, 3.63) is 0 Å². The fourth-order valence-electron chi connectivity index (χ4n) is 5.50. The molecule has 5 atom stereocenters. The monoisotopic (exact) mass is 236 g/mol. The Morgan fingerprint density at radius 2 is 1.59 bits per heavy atom. The average molecular weight is 236 g/mol. The minimum Gasteiger partial charge on any atom is -0.393 e. The van der Waals surface area contributed by atoms with Gasteiger partial charge in [0.2, 0.25) is 0 Å². The molecule has 98 valence electrons. The van der Waals surface area contributed by atoms with E-state index in [1.807, 2.05) is 0 Å². The maximum atomic E-state index is 10.3. The molecule has 0 amide bonds. The largest absolute Gasteiger partial charge is 0.393 e. The van der Waals surface area contributed by atoms with Gasteiger partial charge in [-0.2, -0.15) is 0 Å². The second-order valence-electron chi connectivity index (χ2n) is 7.11. The lowest BCUT2D eigenvalue weighted by atomic mass is 9.41. The highest BCUT2D eigenvalue weighted by molar-refractivity contribution is 5.09. The zero-order valence-electron chi connectivity index (χ0n) is 11.3. The second-order valence-corrected chi connectivity index (χ2v) is 7.11. The van der Waals surface area contributed by atoms with Gasteiger partial charge < -0.3 is 5.11 Å². The Balaban J connectivity index is 1.77. The highest BCUT2D eigenvalue weighted by Gasteiger charge is 2.60. The van der Waals surface area contributed by atoms with E-state index in [-0.39, 0.29) is 6.10 Å². The number of hydrogen-bond donors (Lipinski definition) is 1. The van der Waals surface area contributed by atoms with E-state index >= 15 is 0 Å². The van der Waals surface area contributed by atoms with Crippen molar-refractivity contribution in [3.8, 4) is 0 Å². The first-order valence-electron chi connectivity index (χ1n) is 7.91. The average Bonchev–Trinajstić information content (AvgIpc) is 2.39. The van der Waals surface area contributed by atoms with Gasteiger partial charge in [0.05, 0.1) is 6.10 Å². The smallest absolute Gasteiger partial charge is 0.0576 e. The Morgan fingerprint density at radius 1 is 0.882 bits per heavy atom. The summed E-state index contributed by atoms with van der Waals surface area (Å²) >= 11 is 0. The first-order chi connectivity index (χ1) is 8.23. The molecule has 3 saturated carbocycles. The molecule has 0 heterocycles. The quantitative estimate of drug-likeness (QED) is 0.670. The van der Waals surface area contributed by atoms with Crippen LogP contribution in [0.25, 0.3) is 0 Å². The van der Waals surface area contributed by atoms with Gasteiger partial charge in [-0.1, -0.05) is 45.4 Å². The van der Waals surface area contributed by atoms with E-state index in [0.717, 1.165) is 18.3 Å². The molecule has 1 heteroatoms. The van der Waals surface area contributed by atoms with Crippen molar-refractivity contribution < 1.29 is 5.11 Å². The summed E-state index contributed by atoms with van der Waals surface area (Å²) < 4.78 is 0. The number of aliphatic hydroxyl groups is 1. The van der Waals surface area contributed by atoms with Gasteiger partial charge in [-0.3, -0.25) is 0 Å². The molecule has 5 unspecified atom stereocenters. The highest BCUT2D eigenvalue weighted by Crippen LogP contribution is 2.65. The minimum atomic E-state index is 0.0238. The molecule has 3 rings (SSSR count). The van der Waals surface area contributed by atoms with Gasteiger partial charge in [-0.05, 0) is 48.9 Å². The topological polar surface area (TPSA) is 20.2 Å². The summed E-state index contributed by atoms with van der Waals surface area (Å²) in [5.74, 6) is 2.47. The van der Waals surface area contributed by atoms with E-state index in [1.54, 1.807) is 0 Å². The predicted octanol–water partition coefficient (Wildman–Crippen LogP) is 4.14. The number of hydrogen-bond acceptors (Lipinski definition) is 1. The molecule has 3 aliphatic rings. The van der Waals surface area contributed by atoms with Gasteiger partial charge in [0.25, 0.3) is 0 Å². The third kappa shape index (κ3) is 1.85. The molecular weight excluding hydrogens is 208 g/mol. The summed E-state index contributed by atoms with van der Waals surface area (Å²) in [4.78, 5) is 0. The maximum Gasteiger partial charge on any atom is 0.0576 e. The van der Waals surface area contributed by atoms with E-state index in [4.69, 9.17) is 0 Å². The molecule has 0 aromatic rings. The highest BCUT2D eigenvalue weighted by atomic mass is 16.3. The molecule has 1 N–H and O–H groups in total. The van der Waals surface area contributed by atoms with Crippen molar-refractivity contribution in [2.45, 2.75) is 77.2 Å². The SMILES string of the molecule is CC12CCCC(O)C1C1CCCCCCCC12.